The number of carbonyl (C=O) groups is 1. The summed E-state index contributed by atoms with van der Waals surface area (Å²) in [5.74, 6) is -0.285. The number of rotatable bonds is 3. The first-order valence-corrected chi connectivity index (χ1v) is 6.63. The predicted molar refractivity (Wildman–Crippen MR) is 82.1 cm³/mol. The Kier molecular flexibility index (Phi) is 3.62. The van der Waals surface area contributed by atoms with Gasteiger partial charge in [0.1, 0.15) is 5.69 Å². The zero-order valence-corrected chi connectivity index (χ0v) is 11.3. The Morgan fingerprint density at radius 2 is 1.81 bits per heavy atom. The van der Waals surface area contributed by atoms with Gasteiger partial charge in [0.25, 0.3) is 5.91 Å². The van der Waals surface area contributed by atoms with Gasteiger partial charge in [0.15, 0.2) is 0 Å². The average molecular weight is 278 g/mol. The predicted octanol–water partition coefficient (Wildman–Crippen LogP) is 2.98. The number of nitrogens with one attached hydrogen (secondary N) is 1. The third-order valence-corrected chi connectivity index (χ3v) is 3.32. The zero-order valence-electron chi connectivity index (χ0n) is 11.3. The van der Waals surface area contributed by atoms with Crippen molar-refractivity contribution in [1.29, 1.82) is 0 Å². The van der Waals surface area contributed by atoms with Crippen LogP contribution in [0.25, 0.3) is 10.8 Å². The molecule has 0 aliphatic carbocycles. The first-order chi connectivity index (χ1) is 10.3. The molecule has 0 bridgehead atoms. The number of benzene rings is 2. The van der Waals surface area contributed by atoms with Crippen molar-refractivity contribution < 1.29 is 9.90 Å². The summed E-state index contributed by atoms with van der Waals surface area (Å²) >= 11 is 0. The van der Waals surface area contributed by atoms with Crippen LogP contribution >= 0.6 is 0 Å². The monoisotopic (exact) mass is 278 g/mol. The first kappa shape index (κ1) is 13.3. The Hall–Kier alpha value is -2.72. The van der Waals surface area contributed by atoms with Gasteiger partial charge in [0, 0.05) is 22.8 Å². The Balaban J connectivity index is 1.98. The number of amides is 1. The Labute approximate surface area is 122 Å². The number of carbonyl (C=O) groups excluding carboxylic acids is 1. The molecule has 4 heteroatoms. The summed E-state index contributed by atoms with van der Waals surface area (Å²) in [6.45, 7) is -0.126. The fraction of sp³-hybridized carbons (Fsp3) is 0.0588. The normalized spacial score (nSPS) is 10.5. The second-order valence-electron chi connectivity index (χ2n) is 4.65. The number of aromatic nitrogens is 1. The van der Waals surface area contributed by atoms with E-state index in [1.54, 1.807) is 18.3 Å². The standard InChI is InChI=1S/C17H14N2O2/c20-11-13-6-2-4-8-15(13)19-17(21)16-14-7-3-1-5-12(14)9-10-18-16/h1-10,20H,11H2,(H,19,21). The van der Waals surface area contributed by atoms with Crippen molar-refractivity contribution in [2.24, 2.45) is 0 Å². The third kappa shape index (κ3) is 2.61. The molecule has 1 aromatic heterocycles. The number of pyridine rings is 1. The molecular formula is C17H14N2O2. The number of hydrogen-bond donors (Lipinski definition) is 2. The Morgan fingerprint density at radius 1 is 1.05 bits per heavy atom. The highest BCUT2D eigenvalue weighted by Crippen LogP contribution is 2.19. The summed E-state index contributed by atoms with van der Waals surface area (Å²) in [7, 11) is 0. The van der Waals surface area contributed by atoms with E-state index in [4.69, 9.17) is 0 Å². The number of fused-ring (bicyclic) bond motifs is 1. The van der Waals surface area contributed by atoms with Crippen molar-refractivity contribution in [3.8, 4) is 0 Å². The summed E-state index contributed by atoms with van der Waals surface area (Å²) in [5, 5.41) is 13.9. The molecule has 2 aromatic carbocycles. The summed E-state index contributed by atoms with van der Waals surface area (Å²) in [6.07, 6.45) is 1.62. The van der Waals surface area contributed by atoms with Crippen LogP contribution in [-0.2, 0) is 6.61 Å². The Bertz CT molecular complexity index is 794. The van der Waals surface area contributed by atoms with E-state index in [-0.39, 0.29) is 12.5 Å². The molecule has 0 aliphatic heterocycles. The van der Waals surface area contributed by atoms with Gasteiger partial charge >= 0.3 is 0 Å². The number of para-hydroxylation sites is 1. The molecule has 21 heavy (non-hydrogen) atoms. The van der Waals surface area contributed by atoms with E-state index in [1.165, 1.54) is 0 Å². The van der Waals surface area contributed by atoms with Gasteiger partial charge in [-0.2, -0.15) is 0 Å². The second-order valence-corrected chi connectivity index (χ2v) is 4.65. The zero-order chi connectivity index (χ0) is 14.7. The molecule has 104 valence electrons. The number of aliphatic hydroxyl groups is 1. The maximum Gasteiger partial charge on any atom is 0.274 e. The quantitative estimate of drug-likeness (QED) is 0.774. The van der Waals surface area contributed by atoms with Crippen LogP contribution in [0.1, 0.15) is 16.1 Å². The Morgan fingerprint density at radius 3 is 2.67 bits per heavy atom. The van der Waals surface area contributed by atoms with Crippen LogP contribution in [0.15, 0.2) is 60.8 Å². The fourth-order valence-electron chi connectivity index (χ4n) is 2.26. The van der Waals surface area contributed by atoms with Crippen LogP contribution in [0.4, 0.5) is 5.69 Å². The van der Waals surface area contributed by atoms with Crippen LogP contribution in [0.5, 0.6) is 0 Å². The van der Waals surface area contributed by atoms with Crippen molar-refractivity contribution in [3.05, 3.63) is 72.1 Å². The molecule has 1 heterocycles. The van der Waals surface area contributed by atoms with Crippen LogP contribution in [0, 0.1) is 0 Å². The van der Waals surface area contributed by atoms with E-state index in [1.807, 2.05) is 42.5 Å². The maximum absolute atomic E-state index is 12.4. The highest BCUT2D eigenvalue weighted by Gasteiger charge is 2.13. The molecule has 0 aliphatic rings. The van der Waals surface area contributed by atoms with Gasteiger partial charge in [-0.25, -0.2) is 0 Å². The van der Waals surface area contributed by atoms with E-state index in [0.29, 0.717) is 16.9 Å². The van der Waals surface area contributed by atoms with Gasteiger partial charge < -0.3 is 10.4 Å². The van der Waals surface area contributed by atoms with E-state index in [0.717, 1.165) is 10.8 Å². The molecule has 2 N–H and O–H groups in total. The highest BCUT2D eigenvalue weighted by atomic mass is 16.3. The number of nitrogens with zero attached hydrogens (tertiary/aromatic N) is 1. The number of aliphatic hydroxyl groups excluding tert-OH is 1. The maximum atomic E-state index is 12.4. The number of hydrogen-bond acceptors (Lipinski definition) is 3. The fourth-order valence-corrected chi connectivity index (χ4v) is 2.26. The third-order valence-electron chi connectivity index (χ3n) is 3.32. The lowest BCUT2D eigenvalue weighted by atomic mass is 10.1. The van der Waals surface area contributed by atoms with Crippen molar-refractivity contribution in [1.82, 2.24) is 4.98 Å². The topological polar surface area (TPSA) is 62.2 Å². The lowest BCUT2D eigenvalue weighted by molar-refractivity contribution is 0.102. The van der Waals surface area contributed by atoms with Crippen molar-refractivity contribution >= 4 is 22.4 Å². The van der Waals surface area contributed by atoms with Crippen molar-refractivity contribution in [2.45, 2.75) is 6.61 Å². The molecule has 0 saturated heterocycles. The number of anilines is 1. The van der Waals surface area contributed by atoms with E-state index in [9.17, 15) is 9.90 Å². The molecule has 0 spiro atoms. The summed E-state index contributed by atoms with van der Waals surface area (Å²) in [6, 6.07) is 16.6. The molecule has 0 unspecified atom stereocenters. The molecular weight excluding hydrogens is 264 g/mol. The van der Waals surface area contributed by atoms with Gasteiger partial charge in [-0.15, -0.1) is 0 Å². The molecule has 4 nitrogen and oxygen atoms in total. The molecule has 3 rings (SSSR count). The van der Waals surface area contributed by atoms with Crippen LogP contribution in [0.3, 0.4) is 0 Å². The lowest BCUT2D eigenvalue weighted by Gasteiger charge is -2.10. The van der Waals surface area contributed by atoms with Gasteiger partial charge in [-0.3, -0.25) is 9.78 Å². The minimum atomic E-state index is -0.285. The molecule has 1 amide bonds. The minimum absolute atomic E-state index is 0.126. The van der Waals surface area contributed by atoms with Crippen LogP contribution in [0.2, 0.25) is 0 Å². The van der Waals surface area contributed by atoms with Crippen molar-refractivity contribution in [2.75, 3.05) is 5.32 Å². The molecule has 0 fully saturated rings. The van der Waals surface area contributed by atoms with E-state index >= 15 is 0 Å². The largest absolute Gasteiger partial charge is 0.392 e. The second kappa shape index (κ2) is 5.73. The van der Waals surface area contributed by atoms with Gasteiger partial charge in [-0.05, 0) is 17.5 Å². The smallest absolute Gasteiger partial charge is 0.274 e. The van der Waals surface area contributed by atoms with E-state index in [2.05, 4.69) is 10.3 Å². The van der Waals surface area contributed by atoms with Crippen molar-refractivity contribution in [3.63, 3.8) is 0 Å². The van der Waals surface area contributed by atoms with Gasteiger partial charge in [0.05, 0.1) is 6.61 Å². The molecule has 0 saturated carbocycles. The first-order valence-electron chi connectivity index (χ1n) is 6.63. The minimum Gasteiger partial charge on any atom is -0.392 e. The van der Waals surface area contributed by atoms with Crippen LogP contribution < -0.4 is 5.32 Å². The summed E-state index contributed by atoms with van der Waals surface area (Å²) < 4.78 is 0. The molecule has 0 radical (unpaired) electrons. The molecule has 0 atom stereocenters. The lowest BCUT2D eigenvalue weighted by Crippen LogP contribution is -2.15. The van der Waals surface area contributed by atoms with Gasteiger partial charge in [0.2, 0.25) is 0 Å². The van der Waals surface area contributed by atoms with E-state index < -0.39 is 0 Å². The van der Waals surface area contributed by atoms with Gasteiger partial charge in [-0.1, -0.05) is 42.5 Å². The highest BCUT2D eigenvalue weighted by molar-refractivity contribution is 6.11. The van der Waals surface area contributed by atoms with Crippen LogP contribution in [-0.4, -0.2) is 16.0 Å². The average Bonchev–Trinajstić information content (AvgIpc) is 2.54. The summed E-state index contributed by atoms with van der Waals surface area (Å²) in [5.41, 5.74) is 1.65. The SMILES string of the molecule is O=C(Nc1ccccc1CO)c1nccc2ccccc12. The summed E-state index contributed by atoms with van der Waals surface area (Å²) in [4.78, 5) is 16.6. The molecule has 3 aromatic rings.